The Balaban J connectivity index is 1.68. The van der Waals surface area contributed by atoms with E-state index >= 15 is 0 Å². The lowest BCUT2D eigenvalue weighted by Gasteiger charge is -2.22. The van der Waals surface area contributed by atoms with Crippen LogP contribution >= 0.6 is 0 Å². The molecule has 0 bridgehead atoms. The fraction of sp³-hybridized carbons (Fsp3) is 0.389. The van der Waals surface area contributed by atoms with E-state index in [1.54, 1.807) is 29.3 Å². The molecule has 1 aromatic carbocycles. The van der Waals surface area contributed by atoms with E-state index < -0.39 is 10.0 Å². The maximum Gasteiger partial charge on any atom is 0.243 e. The van der Waals surface area contributed by atoms with Crippen molar-refractivity contribution in [3.05, 3.63) is 53.9 Å². The van der Waals surface area contributed by atoms with E-state index in [0.29, 0.717) is 43.9 Å². The number of nitrogens with zero attached hydrogens (tertiary/aromatic N) is 2. The molecule has 1 N–H and O–H groups in total. The first-order valence-corrected chi connectivity index (χ1v) is 9.87. The Hall–Kier alpha value is -2.12. The fourth-order valence-electron chi connectivity index (χ4n) is 3.06. The number of hydrogen-bond donors (Lipinski definition) is 1. The van der Waals surface area contributed by atoms with Crippen LogP contribution in [0.4, 0.5) is 0 Å². The predicted molar refractivity (Wildman–Crippen MR) is 95.6 cm³/mol. The summed E-state index contributed by atoms with van der Waals surface area (Å²) in [4.78, 5) is 17.5. The maximum atomic E-state index is 12.8. The molecule has 7 heteroatoms. The van der Waals surface area contributed by atoms with Gasteiger partial charge >= 0.3 is 0 Å². The molecule has 2 aromatic rings. The summed E-state index contributed by atoms with van der Waals surface area (Å²) in [5.41, 5.74) is 1.86. The molecule has 1 aliphatic heterocycles. The van der Waals surface area contributed by atoms with Crippen LogP contribution in [0.25, 0.3) is 0 Å². The smallest absolute Gasteiger partial charge is 0.243 e. The minimum Gasteiger partial charge on any atom is -0.367 e. The number of nitrogens with one attached hydrogen (secondary N) is 1. The van der Waals surface area contributed by atoms with Crippen LogP contribution in [0.3, 0.4) is 0 Å². The van der Waals surface area contributed by atoms with Gasteiger partial charge in [0, 0.05) is 38.6 Å². The van der Waals surface area contributed by atoms with E-state index in [0.717, 1.165) is 11.1 Å². The molecule has 0 aliphatic carbocycles. The first-order valence-electron chi connectivity index (χ1n) is 8.43. The van der Waals surface area contributed by atoms with Gasteiger partial charge in [-0.25, -0.2) is 8.42 Å². The maximum absolute atomic E-state index is 12.8. The quantitative estimate of drug-likeness (QED) is 0.902. The standard InChI is InChI=1S/C18H23N3O3S/c1-15-4-2-5-17(12-15)25(23,24)21-9-3-8-20(10-11-21)18(22)13-16-6-7-19-14-16/h2,4-7,12,14,19H,3,8-11,13H2,1H3. The van der Waals surface area contributed by atoms with Crippen molar-refractivity contribution in [1.82, 2.24) is 14.2 Å². The van der Waals surface area contributed by atoms with Crippen molar-refractivity contribution in [1.29, 1.82) is 0 Å². The van der Waals surface area contributed by atoms with Crippen molar-refractivity contribution in [2.24, 2.45) is 0 Å². The van der Waals surface area contributed by atoms with Crippen molar-refractivity contribution in [2.45, 2.75) is 24.7 Å². The van der Waals surface area contributed by atoms with Gasteiger partial charge in [-0.15, -0.1) is 0 Å². The largest absolute Gasteiger partial charge is 0.367 e. The summed E-state index contributed by atoms with van der Waals surface area (Å²) in [5.74, 6) is 0.0365. The molecule has 0 saturated carbocycles. The monoisotopic (exact) mass is 361 g/mol. The van der Waals surface area contributed by atoms with Gasteiger partial charge in [-0.1, -0.05) is 12.1 Å². The van der Waals surface area contributed by atoms with Gasteiger partial charge in [0.1, 0.15) is 0 Å². The van der Waals surface area contributed by atoms with Gasteiger partial charge in [-0.2, -0.15) is 4.31 Å². The minimum atomic E-state index is -3.52. The lowest BCUT2D eigenvalue weighted by Crippen LogP contribution is -2.37. The Bertz CT molecular complexity index is 831. The highest BCUT2D eigenvalue weighted by Crippen LogP contribution is 2.19. The van der Waals surface area contributed by atoms with Crippen molar-refractivity contribution < 1.29 is 13.2 Å². The Morgan fingerprint density at radius 3 is 2.72 bits per heavy atom. The zero-order valence-electron chi connectivity index (χ0n) is 14.3. The van der Waals surface area contributed by atoms with Crippen molar-refractivity contribution in [2.75, 3.05) is 26.2 Å². The molecule has 3 rings (SSSR count). The van der Waals surface area contributed by atoms with Crippen molar-refractivity contribution in [3.8, 4) is 0 Å². The van der Waals surface area contributed by atoms with E-state index in [4.69, 9.17) is 0 Å². The van der Waals surface area contributed by atoms with E-state index in [1.165, 1.54) is 4.31 Å². The Morgan fingerprint density at radius 1 is 1.16 bits per heavy atom. The molecule has 134 valence electrons. The summed E-state index contributed by atoms with van der Waals surface area (Å²) < 4.78 is 27.2. The lowest BCUT2D eigenvalue weighted by molar-refractivity contribution is -0.130. The number of rotatable bonds is 4. The molecule has 1 aromatic heterocycles. The number of amides is 1. The van der Waals surface area contributed by atoms with E-state index in [-0.39, 0.29) is 5.91 Å². The SMILES string of the molecule is Cc1cccc(S(=O)(=O)N2CCCN(C(=O)Cc3cc[nH]c3)CC2)c1. The second-order valence-electron chi connectivity index (χ2n) is 6.35. The Kier molecular flexibility index (Phi) is 5.24. The third-order valence-electron chi connectivity index (χ3n) is 4.45. The van der Waals surface area contributed by atoms with E-state index in [9.17, 15) is 13.2 Å². The molecule has 1 saturated heterocycles. The molecular formula is C18H23N3O3S. The zero-order valence-corrected chi connectivity index (χ0v) is 15.1. The molecule has 6 nitrogen and oxygen atoms in total. The second-order valence-corrected chi connectivity index (χ2v) is 8.29. The Morgan fingerprint density at radius 2 is 2.00 bits per heavy atom. The van der Waals surface area contributed by atoms with Gasteiger partial charge in [0.15, 0.2) is 0 Å². The van der Waals surface area contributed by atoms with Gasteiger partial charge in [-0.05, 0) is 42.7 Å². The van der Waals surface area contributed by atoms with Crippen LogP contribution in [0.1, 0.15) is 17.5 Å². The predicted octanol–water partition coefficient (Wildman–Crippen LogP) is 1.79. The van der Waals surface area contributed by atoms with Gasteiger partial charge < -0.3 is 9.88 Å². The minimum absolute atomic E-state index is 0.0365. The van der Waals surface area contributed by atoms with Gasteiger partial charge in [0.2, 0.25) is 15.9 Å². The number of sulfonamides is 1. The van der Waals surface area contributed by atoms with E-state index in [2.05, 4.69) is 4.98 Å². The lowest BCUT2D eigenvalue weighted by atomic mass is 10.2. The summed E-state index contributed by atoms with van der Waals surface area (Å²) in [7, 11) is -3.52. The number of carbonyl (C=O) groups excluding carboxylic acids is 1. The molecule has 0 radical (unpaired) electrons. The first kappa shape index (κ1) is 17.7. The van der Waals surface area contributed by atoms with Gasteiger partial charge in [-0.3, -0.25) is 4.79 Å². The average Bonchev–Trinajstić information content (AvgIpc) is 2.95. The van der Waals surface area contributed by atoms with Crippen molar-refractivity contribution >= 4 is 15.9 Å². The molecule has 25 heavy (non-hydrogen) atoms. The van der Waals surface area contributed by atoms with Crippen LogP contribution in [-0.4, -0.2) is 54.7 Å². The zero-order chi connectivity index (χ0) is 17.9. The molecule has 1 aliphatic rings. The molecule has 2 heterocycles. The summed E-state index contributed by atoms with van der Waals surface area (Å²) in [5, 5.41) is 0. The first-order chi connectivity index (χ1) is 12.0. The van der Waals surface area contributed by atoms with Crippen LogP contribution in [0, 0.1) is 6.92 Å². The number of carbonyl (C=O) groups is 1. The topological polar surface area (TPSA) is 73.5 Å². The summed E-state index contributed by atoms with van der Waals surface area (Å²) in [6.07, 6.45) is 4.59. The molecule has 0 atom stereocenters. The highest BCUT2D eigenvalue weighted by Gasteiger charge is 2.28. The summed E-state index contributed by atoms with van der Waals surface area (Å²) >= 11 is 0. The van der Waals surface area contributed by atoms with Crippen LogP contribution in [0.5, 0.6) is 0 Å². The third kappa shape index (κ3) is 4.11. The van der Waals surface area contributed by atoms with Gasteiger partial charge in [0.05, 0.1) is 11.3 Å². The molecule has 0 unspecified atom stereocenters. The average molecular weight is 361 g/mol. The number of benzene rings is 1. The summed E-state index contributed by atoms with van der Waals surface area (Å²) in [6.45, 7) is 3.65. The number of H-pyrrole nitrogens is 1. The number of aromatic amines is 1. The molecular weight excluding hydrogens is 338 g/mol. The highest BCUT2D eigenvalue weighted by molar-refractivity contribution is 7.89. The second kappa shape index (κ2) is 7.41. The highest BCUT2D eigenvalue weighted by atomic mass is 32.2. The van der Waals surface area contributed by atoms with Crippen LogP contribution in [0.2, 0.25) is 0 Å². The molecule has 1 amide bonds. The normalized spacial score (nSPS) is 16.6. The third-order valence-corrected chi connectivity index (χ3v) is 6.35. The number of aryl methyl sites for hydroxylation is 1. The van der Waals surface area contributed by atoms with Crippen LogP contribution in [-0.2, 0) is 21.2 Å². The fourth-order valence-corrected chi connectivity index (χ4v) is 4.64. The van der Waals surface area contributed by atoms with Crippen molar-refractivity contribution in [3.63, 3.8) is 0 Å². The number of aromatic nitrogens is 1. The van der Waals surface area contributed by atoms with Crippen LogP contribution < -0.4 is 0 Å². The summed E-state index contributed by atoms with van der Waals surface area (Å²) in [6, 6.07) is 8.83. The molecule has 0 spiro atoms. The Labute approximate surface area is 148 Å². The van der Waals surface area contributed by atoms with E-state index in [1.807, 2.05) is 25.3 Å². The number of hydrogen-bond acceptors (Lipinski definition) is 3. The van der Waals surface area contributed by atoms with Crippen LogP contribution in [0.15, 0.2) is 47.6 Å². The molecule has 1 fully saturated rings. The van der Waals surface area contributed by atoms with Gasteiger partial charge in [0.25, 0.3) is 0 Å².